The molecule has 0 unspecified atom stereocenters. The topological polar surface area (TPSA) is 73.3 Å². The van der Waals surface area contributed by atoms with Crippen LogP contribution in [0.5, 0.6) is 11.8 Å². The predicted octanol–water partition coefficient (Wildman–Crippen LogP) is 3.22. The molecule has 1 aromatic carbocycles. The molecular formula is C20H25N3O3S. The molecule has 27 heavy (non-hydrogen) atoms. The molecule has 7 heteroatoms. The quantitative estimate of drug-likeness (QED) is 0.750. The summed E-state index contributed by atoms with van der Waals surface area (Å²) in [6.45, 7) is 0. The summed E-state index contributed by atoms with van der Waals surface area (Å²) in [6, 6.07) is 10.4. The fourth-order valence-electron chi connectivity index (χ4n) is 3.12. The number of ether oxygens (including phenoxy) is 2. The highest BCUT2D eigenvalue weighted by atomic mass is 32.2. The molecule has 0 bridgehead atoms. The van der Waals surface area contributed by atoms with E-state index in [2.05, 4.69) is 27.4 Å². The van der Waals surface area contributed by atoms with Crippen LogP contribution in [0.15, 0.2) is 42.7 Å². The lowest BCUT2D eigenvalue weighted by Gasteiger charge is -2.29. The lowest BCUT2D eigenvalue weighted by molar-refractivity contribution is -0.119. The third kappa shape index (κ3) is 6.13. The van der Waals surface area contributed by atoms with Crippen molar-refractivity contribution in [3.63, 3.8) is 0 Å². The van der Waals surface area contributed by atoms with E-state index in [1.807, 2.05) is 18.2 Å². The van der Waals surface area contributed by atoms with Crippen LogP contribution in [0.4, 0.5) is 0 Å². The zero-order valence-electron chi connectivity index (χ0n) is 15.5. The highest BCUT2D eigenvalue weighted by Crippen LogP contribution is 2.27. The fraction of sp³-hybridized carbons (Fsp3) is 0.450. The Bertz CT molecular complexity index is 721. The van der Waals surface area contributed by atoms with E-state index in [4.69, 9.17) is 9.47 Å². The summed E-state index contributed by atoms with van der Waals surface area (Å²) in [5, 5.41) is 3.14. The minimum absolute atomic E-state index is 0.0798. The van der Waals surface area contributed by atoms with Crippen molar-refractivity contribution in [1.29, 1.82) is 0 Å². The summed E-state index contributed by atoms with van der Waals surface area (Å²) < 4.78 is 11.1. The molecule has 1 aliphatic rings. The smallest absolute Gasteiger partial charge is 0.278 e. The van der Waals surface area contributed by atoms with Crippen LogP contribution in [-0.4, -0.2) is 40.9 Å². The van der Waals surface area contributed by atoms with Gasteiger partial charge >= 0.3 is 0 Å². The predicted molar refractivity (Wildman–Crippen MR) is 106 cm³/mol. The third-order valence-electron chi connectivity index (χ3n) is 4.49. The Labute approximate surface area is 164 Å². The first-order valence-corrected chi connectivity index (χ1v) is 10.3. The zero-order valence-corrected chi connectivity index (χ0v) is 16.3. The Kier molecular flexibility index (Phi) is 7.33. The fourth-order valence-corrected chi connectivity index (χ4v) is 3.92. The van der Waals surface area contributed by atoms with Gasteiger partial charge < -0.3 is 14.8 Å². The highest BCUT2D eigenvalue weighted by Gasteiger charge is 2.25. The molecule has 2 aromatic rings. The second-order valence-corrected chi connectivity index (χ2v) is 7.49. The van der Waals surface area contributed by atoms with Crippen LogP contribution in [-0.2, 0) is 10.5 Å². The molecule has 1 N–H and O–H groups in total. The molecule has 1 amide bonds. The number of hydrogen-bond acceptors (Lipinski definition) is 6. The van der Waals surface area contributed by atoms with Gasteiger partial charge in [0, 0.05) is 24.2 Å². The monoisotopic (exact) mass is 387 g/mol. The average molecular weight is 388 g/mol. The van der Waals surface area contributed by atoms with Gasteiger partial charge in [-0.25, -0.2) is 9.97 Å². The summed E-state index contributed by atoms with van der Waals surface area (Å²) >= 11 is 1.64. The minimum atomic E-state index is 0.0798. The van der Waals surface area contributed by atoms with E-state index >= 15 is 0 Å². The number of hydrogen-bond donors (Lipinski definition) is 1. The zero-order chi connectivity index (χ0) is 18.9. The number of aromatic nitrogens is 2. The number of thioether (sulfide) groups is 1. The molecule has 1 heterocycles. The molecule has 1 aromatic heterocycles. The molecule has 144 valence electrons. The first kappa shape index (κ1) is 19.5. The average Bonchev–Trinajstić information content (AvgIpc) is 2.71. The van der Waals surface area contributed by atoms with E-state index in [1.54, 1.807) is 31.3 Å². The molecule has 0 saturated heterocycles. The van der Waals surface area contributed by atoms with Crippen LogP contribution in [0.1, 0.15) is 31.2 Å². The first-order valence-electron chi connectivity index (χ1n) is 9.17. The summed E-state index contributed by atoms with van der Waals surface area (Å²) in [7, 11) is 1.55. The number of nitrogens with zero attached hydrogens (tertiary/aromatic N) is 2. The van der Waals surface area contributed by atoms with Crippen molar-refractivity contribution in [2.75, 3.05) is 12.9 Å². The molecule has 0 aliphatic heterocycles. The van der Waals surface area contributed by atoms with E-state index in [0.717, 1.165) is 31.4 Å². The third-order valence-corrected chi connectivity index (χ3v) is 5.49. The first-order chi connectivity index (χ1) is 13.2. The number of nitrogens with one attached hydrogen (secondary N) is 1. The molecule has 0 atom stereocenters. The lowest BCUT2D eigenvalue weighted by Crippen LogP contribution is -2.40. The highest BCUT2D eigenvalue weighted by molar-refractivity contribution is 7.99. The normalized spacial score (nSPS) is 19.3. The minimum Gasteiger partial charge on any atom is -0.477 e. The van der Waals surface area contributed by atoms with Crippen molar-refractivity contribution < 1.29 is 14.3 Å². The number of benzene rings is 1. The van der Waals surface area contributed by atoms with Gasteiger partial charge in [0.2, 0.25) is 5.91 Å². The SMILES string of the molecule is COc1nccnc1OC1CCC(NC(=O)CSCc2ccccc2)CC1. The van der Waals surface area contributed by atoms with Crippen LogP contribution < -0.4 is 14.8 Å². The molecule has 0 radical (unpaired) electrons. The lowest BCUT2D eigenvalue weighted by atomic mass is 9.93. The van der Waals surface area contributed by atoms with Gasteiger partial charge in [-0.2, -0.15) is 0 Å². The molecule has 6 nitrogen and oxygen atoms in total. The van der Waals surface area contributed by atoms with Crippen LogP contribution >= 0.6 is 11.8 Å². The maximum Gasteiger partial charge on any atom is 0.278 e. The number of methoxy groups -OCH3 is 1. The van der Waals surface area contributed by atoms with Crippen molar-refractivity contribution in [3.05, 3.63) is 48.3 Å². The van der Waals surface area contributed by atoms with E-state index in [1.165, 1.54) is 5.56 Å². The molecule has 1 fully saturated rings. The van der Waals surface area contributed by atoms with Crippen LogP contribution in [0.2, 0.25) is 0 Å². The molecular weight excluding hydrogens is 362 g/mol. The van der Waals surface area contributed by atoms with Gasteiger partial charge in [0.05, 0.1) is 12.9 Å². The van der Waals surface area contributed by atoms with E-state index < -0.39 is 0 Å². The Morgan fingerprint density at radius 2 is 1.81 bits per heavy atom. The largest absolute Gasteiger partial charge is 0.477 e. The van der Waals surface area contributed by atoms with Crippen molar-refractivity contribution in [1.82, 2.24) is 15.3 Å². The number of carbonyl (C=O) groups is 1. The van der Waals surface area contributed by atoms with Gasteiger partial charge in [0.25, 0.3) is 11.8 Å². The van der Waals surface area contributed by atoms with Gasteiger partial charge in [-0.3, -0.25) is 4.79 Å². The summed E-state index contributed by atoms with van der Waals surface area (Å²) in [5.74, 6) is 2.29. The van der Waals surface area contributed by atoms with Gasteiger partial charge in [-0.1, -0.05) is 30.3 Å². The van der Waals surface area contributed by atoms with Gasteiger partial charge in [-0.15, -0.1) is 11.8 Å². The van der Waals surface area contributed by atoms with E-state index in [-0.39, 0.29) is 18.1 Å². The molecule has 3 rings (SSSR count). The summed E-state index contributed by atoms with van der Waals surface area (Å²) in [4.78, 5) is 20.4. The summed E-state index contributed by atoms with van der Waals surface area (Å²) in [5.41, 5.74) is 1.24. The van der Waals surface area contributed by atoms with Crippen molar-refractivity contribution in [2.24, 2.45) is 0 Å². The van der Waals surface area contributed by atoms with Crippen molar-refractivity contribution >= 4 is 17.7 Å². The van der Waals surface area contributed by atoms with E-state index in [0.29, 0.717) is 17.5 Å². The number of rotatable bonds is 8. The van der Waals surface area contributed by atoms with Gasteiger partial charge in [-0.05, 0) is 31.2 Å². The number of amides is 1. The van der Waals surface area contributed by atoms with Crippen LogP contribution in [0.3, 0.4) is 0 Å². The van der Waals surface area contributed by atoms with Crippen LogP contribution in [0.25, 0.3) is 0 Å². The molecule has 1 saturated carbocycles. The van der Waals surface area contributed by atoms with Crippen LogP contribution in [0, 0.1) is 0 Å². The van der Waals surface area contributed by atoms with Gasteiger partial charge in [0.15, 0.2) is 0 Å². The number of carbonyl (C=O) groups excluding carboxylic acids is 1. The standard InChI is InChI=1S/C20H25N3O3S/c1-25-19-20(22-12-11-21-19)26-17-9-7-16(8-10-17)23-18(24)14-27-13-15-5-3-2-4-6-15/h2-6,11-12,16-17H,7-10,13-14H2,1H3,(H,23,24). The van der Waals surface area contributed by atoms with Crippen molar-refractivity contribution in [2.45, 2.75) is 43.6 Å². The summed E-state index contributed by atoms with van der Waals surface area (Å²) in [6.07, 6.45) is 6.82. The molecule has 0 spiro atoms. The van der Waals surface area contributed by atoms with E-state index in [9.17, 15) is 4.79 Å². The Morgan fingerprint density at radius 1 is 1.11 bits per heavy atom. The second-order valence-electron chi connectivity index (χ2n) is 6.51. The van der Waals surface area contributed by atoms with Gasteiger partial charge in [0.1, 0.15) is 6.10 Å². The maximum absolute atomic E-state index is 12.2. The van der Waals surface area contributed by atoms with Crippen molar-refractivity contribution in [3.8, 4) is 11.8 Å². The Hall–Kier alpha value is -2.28. The molecule has 1 aliphatic carbocycles. The Balaban J connectivity index is 1.36. The maximum atomic E-state index is 12.2. The Morgan fingerprint density at radius 3 is 2.52 bits per heavy atom. The second kappa shape index (κ2) is 10.2.